The zero-order valence-corrected chi connectivity index (χ0v) is 11.5. The van der Waals surface area contributed by atoms with Crippen molar-refractivity contribution in [3.63, 3.8) is 0 Å². The van der Waals surface area contributed by atoms with Gasteiger partial charge in [0.1, 0.15) is 0 Å². The number of carbonyl (C=O) groups is 1. The van der Waals surface area contributed by atoms with Crippen LogP contribution in [-0.4, -0.2) is 25.5 Å². The van der Waals surface area contributed by atoms with Crippen LogP contribution in [0, 0.1) is 0 Å². The molecule has 17 heavy (non-hydrogen) atoms. The number of benzene rings is 1. The first kappa shape index (κ1) is 12.6. The molecule has 1 unspecified atom stereocenters. The van der Waals surface area contributed by atoms with E-state index in [-0.39, 0.29) is 11.9 Å². The van der Waals surface area contributed by atoms with E-state index in [4.69, 9.17) is 0 Å². The van der Waals surface area contributed by atoms with E-state index in [0.717, 1.165) is 29.5 Å². The first-order chi connectivity index (χ1) is 8.18. The first-order valence-electron chi connectivity index (χ1n) is 5.95. The first-order valence-corrected chi connectivity index (χ1v) is 6.74. The number of anilines is 1. The topological polar surface area (TPSA) is 32.3 Å². The van der Waals surface area contributed by atoms with Crippen molar-refractivity contribution in [2.24, 2.45) is 0 Å². The molecule has 1 aliphatic heterocycles. The molecule has 4 heteroatoms. The summed E-state index contributed by atoms with van der Waals surface area (Å²) in [6, 6.07) is 7.79. The van der Waals surface area contributed by atoms with Gasteiger partial charge in [-0.15, -0.1) is 0 Å². The Hall–Kier alpha value is -0.870. The van der Waals surface area contributed by atoms with Gasteiger partial charge in [-0.1, -0.05) is 22.4 Å². The van der Waals surface area contributed by atoms with Gasteiger partial charge in [-0.25, -0.2) is 0 Å². The molecule has 1 fully saturated rings. The Kier molecular flexibility index (Phi) is 4.18. The molecule has 1 amide bonds. The Labute approximate surface area is 110 Å². The SMILES string of the molecule is CN(C(=O)C1CCCCN1)c1ccc(Br)cc1. The van der Waals surface area contributed by atoms with Gasteiger partial charge in [0, 0.05) is 17.2 Å². The molecule has 0 saturated carbocycles. The summed E-state index contributed by atoms with van der Waals surface area (Å²) >= 11 is 3.39. The Bertz CT molecular complexity index is 385. The van der Waals surface area contributed by atoms with Crippen molar-refractivity contribution >= 4 is 27.5 Å². The second kappa shape index (κ2) is 5.65. The van der Waals surface area contributed by atoms with E-state index in [1.807, 2.05) is 31.3 Å². The molecule has 1 N–H and O–H groups in total. The highest BCUT2D eigenvalue weighted by Crippen LogP contribution is 2.19. The molecule has 1 heterocycles. The summed E-state index contributed by atoms with van der Waals surface area (Å²) in [5, 5.41) is 3.28. The fourth-order valence-electron chi connectivity index (χ4n) is 2.09. The lowest BCUT2D eigenvalue weighted by Gasteiger charge is -2.27. The Morgan fingerprint density at radius 2 is 2.06 bits per heavy atom. The average molecular weight is 297 g/mol. The van der Waals surface area contributed by atoms with Crippen molar-refractivity contribution in [1.82, 2.24) is 5.32 Å². The molecule has 3 nitrogen and oxygen atoms in total. The van der Waals surface area contributed by atoms with Gasteiger partial charge in [0.25, 0.3) is 0 Å². The lowest BCUT2D eigenvalue weighted by molar-refractivity contribution is -0.120. The molecular weight excluding hydrogens is 280 g/mol. The number of nitrogens with zero attached hydrogens (tertiary/aromatic N) is 1. The van der Waals surface area contributed by atoms with Gasteiger partial charge in [-0.05, 0) is 43.7 Å². The minimum Gasteiger partial charge on any atom is -0.314 e. The zero-order chi connectivity index (χ0) is 12.3. The molecule has 1 aromatic rings. The maximum absolute atomic E-state index is 12.2. The summed E-state index contributed by atoms with van der Waals surface area (Å²) in [5.41, 5.74) is 0.936. The molecule has 2 rings (SSSR count). The van der Waals surface area contributed by atoms with Crippen molar-refractivity contribution < 1.29 is 4.79 Å². The molecule has 1 atom stereocenters. The summed E-state index contributed by atoms with van der Waals surface area (Å²) in [7, 11) is 1.84. The highest BCUT2D eigenvalue weighted by Gasteiger charge is 2.24. The lowest BCUT2D eigenvalue weighted by atomic mass is 10.0. The van der Waals surface area contributed by atoms with Gasteiger partial charge in [0.2, 0.25) is 5.91 Å². The van der Waals surface area contributed by atoms with Crippen molar-refractivity contribution in [2.45, 2.75) is 25.3 Å². The van der Waals surface area contributed by atoms with Crippen LogP contribution in [0.2, 0.25) is 0 Å². The Balaban J connectivity index is 2.05. The maximum atomic E-state index is 12.2. The van der Waals surface area contributed by atoms with Crippen molar-refractivity contribution in [2.75, 3.05) is 18.5 Å². The number of carbonyl (C=O) groups excluding carboxylic acids is 1. The number of piperidine rings is 1. The van der Waals surface area contributed by atoms with E-state index in [0.29, 0.717) is 0 Å². The fraction of sp³-hybridized carbons (Fsp3) is 0.462. The predicted molar refractivity (Wildman–Crippen MR) is 73.2 cm³/mol. The van der Waals surface area contributed by atoms with Crippen molar-refractivity contribution in [3.8, 4) is 0 Å². The minimum absolute atomic E-state index is 0.0163. The van der Waals surface area contributed by atoms with E-state index in [9.17, 15) is 4.79 Å². The van der Waals surface area contributed by atoms with E-state index in [1.54, 1.807) is 4.90 Å². The van der Waals surface area contributed by atoms with Gasteiger partial charge in [0.15, 0.2) is 0 Å². The number of halogens is 1. The molecule has 0 spiro atoms. The second-order valence-corrected chi connectivity index (χ2v) is 5.29. The summed E-state index contributed by atoms with van der Waals surface area (Å²) in [6.45, 7) is 0.949. The number of amides is 1. The molecule has 92 valence electrons. The van der Waals surface area contributed by atoms with Crippen LogP contribution in [0.4, 0.5) is 5.69 Å². The summed E-state index contributed by atoms with van der Waals surface area (Å²) in [4.78, 5) is 14.0. The number of rotatable bonds is 2. The van der Waals surface area contributed by atoms with Gasteiger partial charge in [-0.2, -0.15) is 0 Å². The second-order valence-electron chi connectivity index (χ2n) is 4.38. The third kappa shape index (κ3) is 3.07. The van der Waals surface area contributed by atoms with Crippen LogP contribution in [0.15, 0.2) is 28.7 Å². The van der Waals surface area contributed by atoms with E-state index >= 15 is 0 Å². The lowest BCUT2D eigenvalue weighted by Crippen LogP contribution is -2.47. The third-order valence-corrected chi connectivity index (χ3v) is 3.68. The zero-order valence-electron chi connectivity index (χ0n) is 9.95. The van der Waals surface area contributed by atoms with Crippen molar-refractivity contribution in [3.05, 3.63) is 28.7 Å². The van der Waals surface area contributed by atoms with Crippen LogP contribution in [0.3, 0.4) is 0 Å². The smallest absolute Gasteiger partial charge is 0.243 e. The van der Waals surface area contributed by atoms with Crippen LogP contribution in [0.25, 0.3) is 0 Å². The summed E-state index contributed by atoms with van der Waals surface area (Å²) < 4.78 is 1.03. The summed E-state index contributed by atoms with van der Waals surface area (Å²) in [5.74, 6) is 0.159. The number of hydrogen-bond acceptors (Lipinski definition) is 2. The van der Waals surface area contributed by atoms with Gasteiger partial charge in [-0.3, -0.25) is 4.79 Å². The van der Waals surface area contributed by atoms with Crippen LogP contribution >= 0.6 is 15.9 Å². The number of hydrogen-bond donors (Lipinski definition) is 1. The predicted octanol–water partition coefficient (Wildman–Crippen LogP) is 2.55. The van der Waals surface area contributed by atoms with Crippen LogP contribution < -0.4 is 10.2 Å². The van der Waals surface area contributed by atoms with E-state index < -0.39 is 0 Å². The number of likely N-dealkylation sites (N-methyl/N-ethyl adjacent to an activating group) is 1. The van der Waals surface area contributed by atoms with Crippen LogP contribution in [-0.2, 0) is 4.79 Å². The standard InChI is InChI=1S/C13H17BrN2O/c1-16(11-7-5-10(14)6-8-11)13(17)12-4-2-3-9-15-12/h5-8,12,15H,2-4,9H2,1H3. The monoisotopic (exact) mass is 296 g/mol. The van der Waals surface area contributed by atoms with E-state index in [1.165, 1.54) is 6.42 Å². The Morgan fingerprint density at radius 1 is 1.35 bits per heavy atom. The maximum Gasteiger partial charge on any atom is 0.243 e. The highest BCUT2D eigenvalue weighted by atomic mass is 79.9. The van der Waals surface area contributed by atoms with Crippen LogP contribution in [0.1, 0.15) is 19.3 Å². The fourth-order valence-corrected chi connectivity index (χ4v) is 2.35. The van der Waals surface area contributed by atoms with Crippen LogP contribution in [0.5, 0.6) is 0 Å². The molecule has 0 aliphatic carbocycles. The quantitative estimate of drug-likeness (QED) is 0.910. The highest BCUT2D eigenvalue weighted by molar-refractivity contribution is 9.10. The van der Waals surface area contributed by atoms with Gasteiger partial charge < -0.3 is 10.2 Å². The molecule has 0 bridgehead atoms. The van der Waals surface area contributed by atoms with Crippen molar-refractivity contribution in [1.29, 1.82) is 0 Å². The van der Waals surface area contributed by atoms with Gasteiger partial charge >= 0.3 is 0 Å². The molecule has 0 radical (unpaired) electrons. The average Bonchev–Trinajstić information content (AvgIpc) is 2.39. The number of nitrogens with one attached hydrogen (secondary N) is 1. The Morgan fingerprint density at radius 3 is 2.65 bits per heavy atom. The normalized spacial score (nSPS) is 20.0. The molecule has 0 aromatic heterocycles. The molecule has 1 aliphatic rings. The molecule has 1 saturated heterocycles. The van der Waals surface area contributed by atoms with E-state index in [2.05, 4.69) is 21.2 Å². The molecular formula is C13H17BrN2O. The van der Waals surface area contributed by atoms with Gasteiger partial charge in [0.05, 0.1) is 6.04 Å². The minimum atomic E-state index is -0.0163. The molecule has 1 aromatic carbocycles. The largest absolute Gasteiger partial charge is 0.314 e. The summed E-state index contributed by atoms with van der Waals surface area (Å²) in [6.07, 6.45) is 3.25. The third-order valence-electron chi connectivity index (χ3n) is 3.15.